The lowest BCUT2D eigenvalue weighted by atomic mass is 10.0. The highest BCUT2D eigenvalue weighted by molar-refractivity contribution is 6.02. The van der Waals surface area contributed by atoms with Gasteiger partial charge in [-0.15, -0.1) is 0 Å². The molecule has 5 heteroatoms. The normalized spacial score (nSPS) is 13.6. The standard InChI is InChI=1S/C16H20N2O3/c1-16(2,3)18-14(20)7-6-13(19)10-4-5-12-11(8-10)9-15(21)17-12/h4-5,8H,6-7,9H2,1-3H3,(H,17,21)(H,18,20). The lowest BCUT2D eigenvalue weighted by Crippen LogP contribution is -2.40. The van der Waals surface area contributed by atoms with Gasteiger partial charge in [0.25, 0.3) is 0 Å². The number of carbonyl (C=O) groups is 3. The number of hydrogen-bond acceptors (Lipinski definition) is 3. The highest BCUT2D eigenvalue weighted by Crippen LogP contribution is 2.24. The van der Waals surface area contributed by atoms with Crippen molar-refractivity contribution in [2.45, 2.75) is 45.6 Å². The number of amides is 2. The van der Waals surface area contributed by atoms with Gasteiger partial charge in [-0.25, -0.2) is 0 Å². The molecule has 1 aliphatic heterocycles. The van der Waals surface area contributed by atoms with E-state index in [1.165, 1.54) is 0 Å². The van der Waals surface area contributed by atoms with Gasteiger partial charge in [-0.2, -0.15) is 0 Å². The van der Waals surface area contributed by atoms with Crippen molar-refractivity contribution in [3.63, 3.8) is 0 Å². The minimum absolute atomic E-state index is 0.0563. The van der Waals surface area contributed by atoms with Crippen LogP contribution in [0.5, 0.6) is 0 Å². The number of ketones is 1. The van der Waals surface area contributed by atoms with Crippen molar-refractivity contribution in [3.8, 4) is 0 Å². The molecule has 5 nitrogen and oxygen atoms in total. The first-order valence-corrected chi connectivity index (χ1v) is 7.01. The van der Waals surface area contributed by atoms with Crippen molar-refractivity contribution in [1.82, 2.24) is 5.32 Å². The summed E-state index contributed by atoms with van der Waals surface area (Å²) in [7, 11) is 0. The maximum Gasteiger partial charge on any atom is 0.228 e. The van der Waals surface area contributed by atoms with E-state index in [2.05, 4.69) is 10.6 Å². The number of Topliss-reactive ketones (excluding diaryl/α,β-unsaturated/α-hetero) is 1. The molecule has 0 fully saturated rings. The predicted octanol–water partition coefficient (Wildman–Crippen LogP) is 2.06. The van der Waals surface area contributed by atoms with Crippen molar-refractivity contribution >= 4 is 23.3 Å². The highest BCUT2D eigenvalue weighted by Gasteiger charge is 2.20. The number of benzene rings is 1. The van der Waals surface area contributed by atoms with Gasteiger partial charge in [0.1, 0.15) is 0 Å². The quantitative estimate of drug-likeness (QED) is 0.833. The molecular weight excluding hydrogens is 268 g/mol. The summed E-state index contributed by atoms with van der Waals surface area (Å²) >= 11 is 0. The summed E-state index contributed by atoms with van der Waals surface area (Å²) in [4.78, 5) is 35.1. The smallest absolute Gasteiger partial charge is 0.228 e. The molecule has 0 radical (unpaired) electrons. The second-order valence-corrected chi connectivity index (χ2v) is 6.32. The fourth-order valence-electron chi connectivity index (χ4n) is 2.25. The second-order valence-electron chi connectivity index (χ2n) is 6.32. The van der Waals surface area contributed by atoms with Crippen molar-refractivity contribution in [1.29, 1.82) is 0 Å². The van der Waals surface area contributed by atoms with E-state index >= 15 is 0 Å². The first kappa shape index (κ1) is 15.2. The summed E-state index contributed by atoms with van der Waals surface area (Å²) in [5, 5.41) is 5.55. The van der Waals surface area contributed by atoms with Crippen LogP contribution in [0.2, 0.25) is 0 Å². The zero-order valence-corrected chi connectivity index (χ0v) is 12.6. The van der Waals surface area contributed by atoms with Gasteiger partial charge in [0.15, 0.2) is 5.78 Å². The molecule has 0 saturated carbocycles. The lowest BCUT2D eigenvalue weighted by Gasteiger charge is -2.20. The molecule has 1 aliphatic rings. The molecule has 0 unspecified atom stereocenters. The highest BCUT2D eigenvalue weighted by atomic mass is 16.2. The maximum absolute atomic E-state index is 12.1. The summed E-state index contributed by atoms with van der Waals surface area (Å²) in [6.07, 6.45) is 0.646. The molecule has 2 N–H and O–H groups in total. The van der Waals surface area contributed by atoms with Crippen LogP contribution in [0.25, 0.3) is 0 Å². The molecule has 1 aromatic carbocycles. The van der Waals surface area contributed by atoms with Gasteiger partial charge in [-0.05, 0) is 44.5 Å². The Labute approximate surface area is 124 Å². The molecule has 2 rings (SSSR count). The number of nitrogens with one attached hydrogen (secondary N) is 2. The Kier molecular flexibility index (Phi) is 4.11. The third-order valence-electron chi connectivity index (χ3n) is 3.15. The Morgan fingerprint density at radius 1 is 1.24 bits per heavy atom. The number of fused-ring (bicyclic) bond motifs is 1. The van der Waals surface area contributed by atoms with E-state index in [4.69, 9.17) is 0 Å². The summed E-state index contributed by atoms with van der Waals surface area (Å²) in [5.41, 5.74) is 1.86. The Morgan fingerprint density at radius 3 is 2.62 bits per heavy atom. The van der Waals surface area contributed by atoms with Gasteiger partial charge in [0.05, 0.1) is 6.42 Å². The van der Waals surface area contributed by atoms with Gasteiger partial charge in [0.2, 0.25) is 11.8 Å². The van der Waals surface area contributed by atoms with Crippen LogP contribution in [0.1, 0.15) is 49.5 Å². The molecule has 0 aliphatic carbocycles. The predicted molar refractivity (Wildman–Crippen MR) is 80.2 cm³/mol. The number of rotatable bonds is 4. The summed E-state index contributed by atoms with van der Waals surface area (Å²) < 4.78 is 0. The minimum Gasteiger partial charge on any atom is -0.351 e. The Morgan fingerprint density at radius 2 is 1.95 bits per heavy atom. The molecule has 112 valence electrons. The van der Waals surface area contributed by atoms with Crippen LogP contribution in [0.4, 0.5) is 5.69 Å². The summed E-state index contributed by atoms with van der Waals surface area (Å²) in [6.45, 7) is 5.70. The van der Waals surface area contributed by atoms with Crippen LogP contribution in [0.15, 0.2) is 18.2 Å². The molecule has 0 bridgehead atoms. The average molecular weight is 288 g/mol. The van der Waals surface area contributed by atoms with Crippen LogP contribution in [-0.4, -0.2) is 23.1 Å². The lowest BCUT2D eigenvalue weighted by molar-refractivity contribution is -0.122. The van der Waals surface area contributed by atoms with Gasteiger partial charge in [-0.1, -0.05) is 0 Å². The zero-order chi connectivity index (χ0) is 15.6. The fourth-order valence-corrected chi connectivity index (χ4v) is 2.25. The Bertz CT molecular complexity index is 600. The summed E-state index contributed by atoms with van der Waals surface area (Å²) in [5.74, 6) is -0.269. The monoisotopic (exact) mass is 288 g/mol. The zero-order valence-electron chi connectivity index (χ0n) is 12.6. The minimum atomic E-state index is -0.292. The number of carbonyl (C=O) groups excluding carboxylic acids is 3. The number of anilines is 1. The van der Waals surface area contributed by atoms with Gasteiger partial charge < -0.3 is 10.6 Å². The molecule has 0 atom stereocenters. The topological polar surface area (TPSA) is 75.3 Å². The third-order valence-corrected chi connectivity index (χ3v) is 3.15. The van der Waals surface area contributed by atoms with Crippen LogP contribution >= 0.6 is 0 Å². The van der Waals surface area contributed by atoms with E-state index in [1.54, 1.807) is 18.2 Å². The van der Waals surface area contributed by atoms with E-state index in [-0.39, 0.29) is 36.0 Å². The second kappa shape index (κ2) is 5.68. The molecule has 0 saturated heterocycles. The average Bonchev–Trinajstić information content (AvgIpc) is 2.72. The first-order valence-electron chi connectivity index (χ1n) is 7.01. The van der Waals surface area contributed by atoms with Gasteiger partial charge in [0, 0.05) is 29.6 Å². The maximum atomic E-state index is 12.1. The van der Waals surface area contributed by atoms with Crippen molar-refractivity contribution < 1.29 is 14.4 Å². The van der Waals surface area contributed by atoms with E-state index < -0.39 is 0 Å². The van der Waals surface area contributed by atoms with E-state index in [0.717, 1.165) is 11.3 Å². The molecule has 1 heterocycles. The molecular formula is C16H20N2O3. The molecule has 21 heavy (non-hydrogen) atoms. The largest absolute Gasteiger partial charge is 0.351 e. The van der Waals surface area contributed by atoms with Crippen molar-refractivity contribution in [2.24, 2.45) is 0 Å². The molecule has 2 amide bonds. The SMILES string of the molecule is CC(C)(C)NC(=O)CCC(=O)c1ccc2c(c1)CC(=O)N2. The Balaban J connectivity index is 1.94. The summed E-state index contributed by atoms with van der Waals surface area (Å²) in [6, 6.07) is 5.16. The van der Waals surface area contributed by atoms with Crippen LogP contribution < -0.4 is 10.6 Å². The molecule has 0 spiro atoms. The van der Waals surface area contributed by atoms with Crippen LogP contribution in [0, 0.1) is 0 Å². The van der Waals surface area contributed by atoms with Crippen LogP contribution in [-0.2, 0) is 16.0 Å². The molecule has 1 aromatic rings. The van der Waals surface area contributed by atoms with E-state index in [1.807, 2.05) is 20.8 Å². The fraction of sp³-hybridized carbons (Fsp3) is 0.438. The first-order chi connectivity index (χ1) is 9.74. The van der Waals surface area contributed by atoms with Gasteiger partial charge >= 0.3 is 0 Å². The van der Waals surface area contributed by atoms with Crippen molar-refractivity contribution in [3.05, 3.63) is 29.3 Å². The number of hydrogen-bond donors (Lipinski definition) is 2. The van der Waals surface area contributed by atoms with Crippen LogP contribution in [0.3, 0.4) is 0 Å². The Hall–Kier alpha value is -2.17. The van der Waals surface area contributed by atoms with E-state index in [0.29, 0.717) is 12.0 Å². The third kappa shape index (κ3) is 4.15. The van der Waals surface area contributed by atoms with E-state index in [9.17, 15) is 14.4 Å². The van der Waals surface area contributed by atoms with Crippen molar-refractivity contribution in [2.75, 3.05) is 5.32 Å². The molecule has 0 aromatic heterocycles. The van der Waals surface area contributed by atoms with Gasteiger partial charge in [-0.3, -0.25) is 14.4 Å².